The molecule has 5 heteroatoms. The number of aromatic amines is 1. The molecular weight excluding hydrogens is 348 g/mol. The van der Waals surface area contributed by atoms with Gasteiger partial charge in [0.2, 0.25) is 0 Å². The fourth-order valence-electron chi connectivity index (χ4n) is 5.06. The predicted molar refractivity (Wildman–Crippen MR) is 112 cm³/mol. The summed E-state index contributed by atoms with van der Waals surface area (Å²) in [5, 5.41) is 7.39. The summed E-state index contributed by atoms with van der Waals surface area (Å²) in [4.78, 5) is 18.0. The van der Waals surface area contributed by atoms with E-state index in [1.54, 1.807) is 0 Å². The third-order valence-electron chi connectivity index (χ3n) is 6.58. The van der Waals surface area contributed by atoms with Gasteiger partial charge >= 0.3 is 0 Å². The van der Waals surface area contributed by atoms with Gasteiger partial charge in [-0.1, -0.05) is 50.6 Å². The van der Waals surface area contributed by atoms with Crippen LogP contribution in [-0.4, -0.2) is 58.1 Å². The lowest BCUT2D eigenvalue weighted by Gasteiger charge is -2.48. The van der Waals surface area contributed by atoms with Gasteiger partial charge in [-0.25, -0.2) is 0 Å². The van der Waals surface area contributed by atoms with E-state index >= 15 is 0 Å². The van der Waals surface area contributed by atoms with E-state index in [1.165, 1.54) is 18.4 Å². The van der Waals surface area contributed by atoms with Crippen LogP contribution in [0.4, 0.5) is 0 Å². The molecule has 4 rings (SSSR count). The number of rotatable bonds is 3. The van der Waals surface area contributed by atoms with Gasteiger partial charge in [-0.2, -0.15) is 5.10 Å². The minimum Gasteiger partial charge on any atom is -0.333 e. The fourth-order valence-corrected chi connectivity index (χ4v) is 5.06. The molecule has 2 saturated heterocycles. The maximum Gasteiger partial charge on any atom is 0.274 e. The zero-order chi connectivity index (χ0) is 19.7. The predicted octanol–water partition coefficient (Wildman–Crippen LogP) is 4.02. The van der Waals surface area contributed by atoms with Crippen LogP contribution in [0.1, 0.15) is 73.1 Å². The summed E-state index contributed by atoms with van der Waals surface area (Å²) in [6.07, 6.45) is 4.45. The summed E-state index contributed by atoms with van der Waals surface area (Å²) in [5.74, 6) is 0.901. The first-order valence-electron chi connectivity index (χ1n) is 10.7. The number of nitrogens with zero attached hydrogens (tertiary/aromatic N) is 3. The van der Waals surface area contributed by atoms with E-state index in [2.05, 4.69) is 71.2 Å². The van der Waals surface area contributed by atoms with Crippen LogP contribution in [0.3, 0.4) is 0 Å². The van der Waals surface area contributed by atoms with Gasteiger partial charge in [0.15, 0.2) is 0 Å². The van der Waals surface area contributed by atoms with Gasteiger partial charge in [-0.15, -0.1) is 0 Å². The zero-order valence-corrected chi connectivity index (χ0v) is 17.3. The fraction of sp³-hybridized carbons (Fsp3) is 0.565. The maximum atomic E-state index is 13.4. The van der Waals surface area contributed by atoms with Crippen molar-refractivity contribution in [3.05, 3.63) is 53.3 Å². The number of benzene rings is 1. The van der Waals surface area contributed by atoms with Crippen LogP contribution in [0.15, 0.2) is 36.4 Å². The number of amides is 1. The van der Waals surface area contributed by atoms with Crippen molar-refractivity contribution in [3.8, 4) is 0 Å². The molecule has 1 aromatic carbocycles. The molecule has 2 fully saturated rings. The van der Waals surface area contributed by atoms with Crippen molar-refractivity contribution >= 4 is 5.91 Å². The number of fused-ring (bicyclic) bond motifs is 1. The molecule has 2 aliphatic heterocycles. The van der Waals surface area contributed by atoms with Crippen LogP contribution in [-0.2, 0) is 0 Å². The highest BCUT2D eigenvalue weighted by Gasteiger charge is 2.43. The average Bonchev–Trinajstić information content (AvgIpc) is 3.13. The summed E-state index contributed by atoms with van der Waals surface area (Å²) in [6, 6.07) is 13.4. The summed E-state index contributed by atoms with van der Waals surface area (Å²) >= 11 is 0. The Morgan fingerprint density at radius 1 is 1.14 bits per heavy atom. The van der Waals surface area contributed by atoms with Gasteiger partial charge in [-0.3, -0.25) is 9.89 Å². The van der Waals surface area contributed by atoms with E-state index in [0.29, 0.717) is 23.6 Å². The molecule has 2 aliphatic rings. The Labute approximate surface area is 168 Å². The molecular formula is C23H32N4O. The number of aromatic nitrogens is 2. The number of nitrogens with one attached hydrogen (secondary N) is 1. The SMILES string of the molecule is CC(C)c1cc(C(=O)N2CC[C@H](c3ccccc3)[C@@H]3[C@H]2CCCCN3C)n[nH]1. The topological polar surface area (TPSA) is 52.2 Å². The van der Waals surface area contributed by atoms with Gasteiger partial charge in [0.05, 0.1) is 0 Å². The summed E-state index contributed by atoms with van der Waals surface area (Å²) in [7, 11) is 2.23. The summed E-state index contributed by atoms with van der Waals surface area (Å²) in [5.41, 5.74) is 2.99. The number of likely N-dealkylation sites (N-methyl/N-ethyl adjacent to an activating group) is 1. The summed E-state index contributed by atoms with van der Waals surface area (Å²) < 4.78 is 0. The highest BCUT2D eigenvalue weighted by atomic mass is 16.2. The number of carbonyl (C=O) groups excluding carboxylic acids is 1. The standard InChI is InChI=1S/C23H32N4O/c1-16(2)19-15-20(25-24-19)23(28)27-14-12-18(17-9-5-4-6-10-17)22-21(27)11-7-8-13-26(22)3/h4-6,9-10,15-16,18,21-22H,7-8,11-14H2,1-3H3,(H,24,25)/t18-,21-,22-/m1/s1. The normalized spacial score (nSPS) is 26.1. The molecule has 1 aromatic heterocycles. The molecule has 0 radical (unpaired) electrons. The number of likely N-dealkylation sites (tertiary alicyclic amines) is 2. The van der Waals surface area contributed by atoms with Crippen LogP contribution >= 0.6 is 0 Å². The quantitative estimate of drug-likeness (QED) is 0.875. The minimum absolute atomic E-state index is 0.0833. The third-order valence-corrected chi connectivity index (χ3v) is 6.58. The van der Waals surface area contributed by atoms with Crippen molar-refractivity contribution in [1.29, 1.82) is 0 Å². The molecule has 5 nitrogen and oxygen atoms in total. The van der Waals surface area contributed by atoms with Crippen molar-refractivity contribution in [2.75, 3.05) is 20.1 Å². The van der Waals surface area contributed by atoms with Crippen molar-refractivity contribution in [2.45, 2.75) is 63.5 Å². The third kappa shape index (κ3) is 3.60. The van der Waals surface area contributed by atoms with Gasteiger partial charge in [-0.05, 0) is 50.4 Å². The molecule has 150 valence electrons. The number of carbonyl (C=O) groups is 1. The van der Waals surface area contributed by atoms with Gasteiger partial charge in [0.1, 0.15) is 5.69 Å². The van der Waals surface area contributed by atoms with Crippen molar-refractivity contribution in [1.82, 2.24) is 20.0 Å². The van der Waals surface area contributed by atoms with Crippen LogP contribution in [0.25, 0.3) is 0 Å². The molecule has 1 amide bonds. The lowest BCUT2D eigenvalue weighted by molar-refractivity contribution is 0.0313. The van der Waals surface area contributed by atoms with Gasteiger partial charge in [0.25, 0.3) is 5.91 Å². The van der Waals surface area contributed by atoms with Crippen LogP contribution in [0.2, 0.25) is 0 Å². The maximum absolute atomic E-state index is 13.4. The second kappa shape index (κ2) is 8.08. The number of hydrogen-bond acceptors (Lipinski definition) is 3. The Hall–Kier alpha value is -2.14. The molecule has 0 unspecified atom stereocenters. The lowest BCUT2D eigenvalue weighted by Crippen LogP contribution is -2.58. The molecule has 3 heterocycles. The van der Waals surface area contributed by atoms with Crippen molar-refractivity contribution in [3.63, 3.8) is 0 Å². The van der Waals surface area contributed by atoms with E-state index in [0.717, 1.165) is 31.6 Å². The Kier molecular flexibility index (Phi) is 5.54. The van der Waals surface area contributed by atoms with E-state index < -0.39 is 0 Å². The molecule has 0 aliphatic carbocycles. The smallest absolute Gasteiger partial charge is 0.274 e. The first-order chi connectivity index (χ1) is 13.6. The van der Waals surface area contributed by atoms with Gasteiger partial charge in [0, 0.05) is 30.2 Å². The molecule has 3 atom stereocenters. The zero-order valence-electron chi connectivity index (χ0n) is 17.3. The van der Waals surface area contributed by atoms with Gasteiger partial charge < -0.3 is 9.80 Å². The highest BCUT2D eigenvalue weighted by molar-refractivity contribution is 5.92. The molecule has 1 N–H and O–H groups in total. The molecule has 0 bridgehead atoms. The molecule has 0 spiro atoms. The van der Waals surface area contributed by atoms with Crippen molar-refractivity contribution in [2.24, 2.45) is 0 Å². The Bertz CT molecular complexity index is 800. The second-order valence-corrected chi connectivity index (χ2v) is 8.70. The Morgan fingerprint density at radius 2 is 1.93 bits per heavy atom. The summed E-state index contributed by atoms with van der Waals surface area (Å²) in [6.45, 7) is 6.14. The molecule has 2 aromatic rings. The molecule has 0 saturated carbocycles. The van der Waals surface area contributed by atoms with E-state index in [4.69, 9.17) is 0 Å². The monoisotopic (exact) mass is 380 g/mol. The van der Waals surface area contributed by atoms with E-state index in [1.807, 2.05) is 6.07 Å². The number of piperidine rings is 1. The lowest BCUT2D eigenvalue weighted by atomic mass is 9.79. The number of H-pyrrole nitrogens is 1. The largest absolute Gasteiger partial charge is 0.333 e. The Balaban J connectivity index is 1.64. The average molecular weight is 381 g/mol. The Morgan fingerprint density at radius 3 is 2.64 bits per heavy atom. The van der Waals surface area contributed by atoms with E-state index in [9.17, 15) is 4.79 Å². The van der Waals surface area contributed by atoms with Crippen LogP contribution in [0.5, 0.6) is 0 Å². The first-order valence-corrected chi connectivity index (χ1v) is 10.7. The first kappa shape index (κ1) is 19.2. The van der Waals surface area contributed by atoms with E-state index in [-0.39, 0.29) is 11.9 Å². The van der Waals surface area contributed by atoms with Crippen LogP contribution < -0.4 is 0 Å². The minimum atomic E-state index is 0.0833. The van der Waals surface area contributed by atoms with Crippen molar-refractivity contribution < 1.29 is 4.79 Å². The highest BCUT2D eigenvalue weighted by Crippen LogP contribution is 2.38. The second-order valence-electron chi connectivity index (χ2n) is 8.70. The van der Waals surface area contributed by atoms with Crippen LogP contribution in [0, 0.1) is 0 Å². The number of hydrogen-bond donors (Lipinski definition) is 1. The molecule has 28 heavy (non-hydrogen) atoms.